The first-order chi connectivity index (χ1) is 9.21. The molecule has 0 aliphatic carbocycles. The number of methoxy groups -OCH3 is 1. The van der Waals surface area contributed by atoms with E-state index in [-0.39, 0.29) is 6.10 Å². The molecule has 0 unspecified atom stereocenters. The van der Waals surface area contributed by atoms with E-state index in [0.29, 0.717) is 18.7 Å². The fraction of sp³-hybridized carbons (Fsp3) is 0.500. The quantitative estimate of drug-likeness (QED) is 0.814. The Morgan fingerprint density at radius 1 is 1.42 bits per heavy atom. The predicted molar refractivity (Wildman–Crippen MR) is 69.9 cm³/mol. The van der Waals surface area contributed by atoms with Gasteiger partial charge in [-0.2, -0.15) is 5.26 Å². The first-order valence-corrected chi connectivity index (χ1v) is 6.27. The second-order valence-corrected chi connectivity index (χ2v) is 4.70. The Morgan fingerprint density at radius 3 is 2.68 bits per heavy atom. The zero-order valence-corrected chi connectivity index (χ0v) is 11.0. The zero-order valence-electron chi connectivity index (χ0n) is 11.0. The second kappa shape index (κ2) is 6.53. The van der Waals surface area contributed by atoms with Crippen molar-refractivity contribution in [3.05, 3.63) is 29.8 Å². The summed E-state index contributed by atoms with van der Waals surface area (Å²) in [5, 5.41) is 18.3. The summed E-state index contributed by atoms with van der Waals surface area (Å²) >= 11 is 0. The molecule has 19 heavy (non-hydrogen) atoms. The van der Waals surface area contributed by atoms with Crippen molar-refractivity contribution in [2.24, 2.45) is 0 Å². The van der Waals surface area contributed by atoms with Crippen LogP contribution in [0.3, 0.4) is 0 Å². The summed E-state index contributed by atoms with van der Waals surface area (Å²) in [7, 11) is 1.58. The van der Waals surface area contributed by atoms with Crippen LogP contribution in [0, 0.1) is 11.3 Å². The molecule has 1 aliphatic rings. The fourth-order valence-electron chi connectivity index (χ4n) is 2.09. The molecule has 1 N–H and O–H groups in total. The number of hydrogen-bond donors (Lipinski definition) is 1. The molecule has 0 saturated carbocycles. The molecule has 1 aromatic carbocycles. The average Bonchev–Trinajstić information content (AvgIpc) is 2.37. The highest BCUT2D eigenvalue weighted by Gasteiger charge is 2.29. The number of nitriles is 1. The van der Waals surface area contributed by atoms with Crippen molar-refractivity contribution in [3.8, 4) is 11.8 Å². The highest BCUT2D eigenvalue weighted by atomic mass is 16.5. The SMILES string of the molecule is COC[C@@H](O)CN1CC(Oc2ccc(C#N)cc2)C1. The van der Waals surface area contributed by atoms with E-state index in [2.05, 4.69) is 11.0 Å². The molecule has 0 bridgehead atoms. The van der Waals surface area contributed by atoms with E-state index in [1.807, 2.05) is 0 Å². The molecule has 102 valence electrons. The Morgan fingerprint density at radius 2 is 2.11 bits per heavy atom. The Bertz CT molecular complexity index is 435. The molecule has 0 amide bonds. The van der Waals surface area contributed by atoms with Gasteiger partial charge in [-0.15, -0.1) is 0 Å². The highest BCUT2D eigenvalue weighted by molar-refractivity contribution is 5.34. The van der Waals surface area contributed by atoms with Crippen LogP contribution in [-0.2, 0) is 4.74 Å². The molecule has 1 aromatic rings. The molecule has 1 saturated heterocycles. The van der Waals surface area contributed by atoms with E-state index in [4.69, 9.17) is 14.7 Å². The van der Waals surface area contributed by atoms with E-state index in [1.54, 1.807) is 31.4 Å². The zero-order chi connectivity index (χ0) is 13.7. The number of nitrogens with zero attached hydrogens (tertiary/aromatic N) is 2. The van der Waals surface area contributed by atoms with Gasteiger partial charge in [0.2, 0.25) is 0 Å². The number of ether oxygens (including phenoxy) is 2. The largest absolute Gasteiger partial charge is 0.488 e. The van der Waals surface area contributed by atoms with Crippen LogP contribution < -0.4 is 4.74 Å². The third kappa shape index (κ3) is 3.93. The van der Waals surface area contributed by atoms with Crippen LogP contribution in [0.2, 0.25) is 0 Å². The lowest BCUT2D eigenvalue weighted by molar-refractivity contribution is -0.0257. The summed E-state index contributed by atoms with van der Waals surface area (Å²) in [5.74, 6) is 0.779. The summed E-state index contributed by atoms with van der Waals surface area (Å²) < 4.78 is 10.6. The minimum Gasteiger partial charge on any atom is -0.488 e. The van der Waals surface area contributed by atoms with Gasteiger partial charge in [-0.3, -0.25) is 4.90 Å². The van der Waals surface area contributed by atoms with Crippen molar-refractivity contribution in [2.75, 3.05) is 33.4 Å². The van der Waals surface area contributed by atoms with Gasteiger partial charge >= 0.3 is 0 Å². The second-order valence-electron chi connectivity index (χ2n) is 4.70. The average molecular weight is 262 g/mol. The van der Waals surface area contributed by atoms with Gasteiger partial charge in [0, 0.05) is 26.7 Å². The Hall–Kier alpha value is -1.61. The van der Waals surface area contributed by atoms with Gasteiger partial charge < -0.3 is 14.6 Å². The maximum atomic E-state index is 9.58. The lowest BCUT2D eigenvalue weighted by Crippen LogP contribution is -2.56. The van der Waals surface area contributed by atoms with Crippen molar-refractivity contribution in [3.63, 3.8) is 0 Å². The van der Waals surface area contributed by atoms with Crippen molar-refractivity contribution in [1.82, 2.24) is 4.90 Å². The van der Waals surface area contributed by atoms with Crippen LogP contribution >= 0.6 is 0 Å². The lowest BCUT2D eigenvalue weighted by atomic mass is 10.1. The van der Waals surface area contributed by atoms with E-state index >= 15 is 0 Å². The lowest BCUT2D eigenvalue weighted by Gasteiger charge is -2.39. The summed E-state index contributed by atoms with van der Waals surface area (Å²) in [6.07, 6.45) is -0.288. The smallest absolute Gasteiger partial charge is 0.124 e. The van der Waals surface area contributed by atoms with Gasteiger partial charge in [-0.25, -0.2) is 0 Å². The first kappa shape index (κ1) is 13.8. The van der Waals surface area contributed by atoms with Gasteiger partial charge in [-0.05, 0) is 24.3 Å². The standard InChI is InChI=1S/C14H18N2O3/c1-18-10-12(17)7-16-8-14(9-16)19-13-4-2-11(6-15)3-5-13/h2-5,12,14,17H,7-10H2,1H3/t12-/m0/s1. The molecule has 2 rings (SSSR count). The van der Waals surface area contributed by atoms with E-state index in [0.717, 1.165) is 18.8 Å². The van der Waals surface area contributed by atoms with Crippen molar-refractivity contribution in [1.29, 1.82) is 5.26 Å². The fourth-order valence-corrected chi connectivity index (χ4v) is 2.09. The summed E-state index contributed by atoms with van der Waals surface area (Å²) in [4.78, 5) is 2.12. The number of rotatable bonds is 6. The summed E-state index contributed by atoms with van der Waals surface area (Å²) in [6, 6.07) is 9.17. The number of aliphatic hydroxyl groups is 1. The summed E-state index contributed by atoms with van der Waals surface area (Å²) in [5.41, 5.74) is 0.630. The monoisotopic (exact) mass is 262 g/mol. The minimum absolute atomic E-state index is 0.155. The van der Waals surface area contributed by atoms with Crippen LogP contribution in [0.4, 0.5) is 0 Å². The van der Waals surface area contributed by atoms with Gasteiger partial charge in [0.25, 0.3) is 0 Å². The molecule has 1 heterocycles. The third-order valence-corrected chi connectivity index (χ3v) is 3.04. The summed E-state index contributed by atoms with van der Waals surface area (Å²) in [6.45, 7) is 2.58. The molecule has 1 fully saturated rings. The van der Waals surface area contributed by atoms with E-state index < -0.39 is 6.10 Å². The van der Waals surface area contributed by atoms with E-state index in [1.165, 1.54) is 0 Å². The van der Waals surface area contributed by atoms with Crippen LogP contribution in [0.25, 0.3) is 0 Å². The highest BCUT2D eigenvalue weighted by Crippen LogP contribution is 2.18. The van der Waals surface area contributed by atoms with Gasteiger partial charge in [0.1, 0.15) is 11.9 Å². The molecule has 0 spiro atoms. The van der Waals surface area contributed by atoms with Crippen LogP contribution in [0.5, 0.6) is 5.75 Å². The maximum absolute atomic E-state index is 9.58. The number of benzene rings is 1. The topological polar surface area (TPSA) is 65.7 Å². The molecule has 5 nitrogen and oxygen atoms in total. The van der Waals surface area contributed by atoms with Gasteiger partial charge in [0.15, 0.2) is 0 Å². The third-order valence-electron chi connectivity index (χ3n) is 3.04. The molecular formula is C14H18N2O3. The van der Waals surface area contributed by atoms with Crippen LogP contribution in [0.1, 0.15) is 5.56 Å². The minimum atomic E-state index is -0.444. The van der Waals surface area contributed by atoms with Gasteiger partial charge in [0.05, 0.1) is 24.3 Å². The normalized spacial score (nSPS) is 17.5. The Balaban J connectivity index is 1.71. The molecule has 0 aromatic heterocycles. The van der Waals surface area contributed by atoms with Crippen LogP contribution in [-0.4, -0.2) is 55.6 Å². The number of aliphatic hydroxyl groups excluding tert-OH is 1. The van der Waals surface area contributed by atoms with Crippen LogP contribution in [0.15, 0.2) is 24.3 Å². The number of β-amino-alcohol motifs (C(OH)–C–C–N with tert-alkyl or cyclic N) is 1. The Labute approximate surface area is 113 Å². The van der Waals surface area contributed by atoms with Crippen molar-refractivity contribution >= 4 is 0 Å². The molecule has 1 aliphatic heterocycles. The van der Waals surface area contributed by atoms with Gasteiger partial charge in [-0.1, -0.05) is 0 Å². The number of likely N-dealkylation sites (tertiary alicyclic amines) is 1. The number of hydrogen-bond acceptors (Lipinski definition) is 5. The molecule has 1 atom stereocenters. The maximum Gasteiger partial charge on any atom is 0.124 e. The Kier molecular flexibility index (Phi) is 4.74. The molecule has 5 heteroatoms. The molecule has 0 radical (unpaired) electrons. The molecular weight excluding hydrogens is 244 g/mol. The van der Waals surface area contributed by atoms with E-state index in [9.17, 15) is 5.11 Å². The van der Waals surface area contributed by atoms with Crippen molar-refractivity contribution < 1.29 is 14.6 Å². The van der Waals surface area contributed by atoms with Crippen molar-refractivity contribution in [2.45, 2.75) is 12.2 Å². The predicted octanol–water partition coefficient (Wildman–Crippen LogP) is 0.629. The first-order valence-electron chi connectivity index (χ1n) is 6.27.